The lowest BCUT2D eigenvalue weighted by Crippen LogP contribution is -2.50. The van der Waals surface area contributed by atoms with Crippen molar-refractivity contribution in [2.24, 2.45) is 0 Å². The summed E-state index contributed by atoms with van der Waals surface area (Å²) in [7, 11) is -4.19. The fourth-order valence-electron chi connectivity index (χ4n) is 3.81. The molecule has 176 valence electrons. The quantitative estimate of drug-likeness (QED) is 0.378. The van der Waals surface area contributed by atoms with Crippen molar-refractivity contribution in [1.29, 1.82) is 0 Å². The topological polar surface area (TPSA) is 114 Å². The van der Waals surface area contributed by atoms with Crippen LogP contribution in [0.4, 0.5) is 16.2 Å². The lowest BCUT2D eigenvalue weighted by atomic mass is 10.1. The molecule has 0 fully saturated rings. The largest absolute Gasteiger partial charge is 0.419 e. The van der Waals surface area contributed by atoms with Gasteiger partial charge in [-0.1, -0.05) is 29.8 Å². The molecule has 0 radical (unpaired) electrons. The molecule has 1 aliphatic heterocycles. The summed E-state index contributed by atoms with van der Waals surface area (Å²) in [5.41, 5.74) is 2.55. The van der Waals surface area contributed by atoms with E-state index in [9.17, 15) is 18.0 Å². The van der Waals surface area contributed by atoms with E-state index in [0.29, 0.717) is 11.5 Å². The molecule has 0 bridgehead atoms. The number of hydrogen-bond acceptors (Lipinski definition) is 7. The Balaban J connectivity index is 1.54. The van der Waals surface area contributed by atoms with Crippen LogP contribution in [0.25, 0.3) is 11.5 Å². The molecular weight excluding hydrogens is 468 g/mol. The molecule has 10 heteroatoms. The number of urea groups is 1. The summed E-state index contributed by atoms with van der Waals surface area (Å²) in [4.78, 5) is 26.4. The lowest BCUT2D eigenvalue weighted by Gasteiger charge is -2.35. The third-order valence-electron chi connectivity index (χ3n) is 5.65. The third kappa shape index (κ3) is 3.97. The van der Waals surface area contributed by atoms with E-state index in [1.807, 2.05) is 31.2 Å². The number of anilines is 2. The van der Waals surface area contributed by atoms with Crippen LogP contribution in [-0.2, 0) is 16.6 Å². The van der Waals surface area contributed by atoms with Gasteiger partial charge in [-0.3, -0.25) is 9.69 Å². The number of ketones is 1. The van der Waals surface area contributed by atoms with Gasteiger partial charge in [0.1, 0.15) is 11.4 Å². The smallest absolute Gasteiger partial charge is 0.343 e. The van der Waals surface area contributed by atoms with E-state index in [-0.39, 0.29) is 34.5 Å². The highest BCUT2D eigenvalue weighted by Crippen LogP contribution is 2.38. The molecule has 5 rings (SSSR count). The van der Waals surface area contributed by atoms with E-state index in [0.717, 1.165) is 15.4 Å². The number of carbonyl (C=O) groups excluding carboxylic acids is 2. The standard InChI is InChI=1S/C25H20N4O5S/c1-16-7-9-19(10-8-16)24-27-26-23(34-24)15-28-21-5-3-4-6-22(21)35(32,33)29(25(28)31)20-13-11-18(12-14-20)17(2)30/h3-14H,15H2,1-2H3. The SMILES string of the molecule is CC(=O)c1ccc(N2C(=O)N(Cc3nnc(-c4ccc(C)cc4)o3)c3ccccc3S2(=O)=O)cc1. The van der Waals surface area contributed by atoms with Gasteiger partial charge in [-0.25, -0.2) is 13.2 Å². The maximum Gasteiger partial charge on any atom is 0.343 e. The average Bonchev–Trinajstić information content (AvgIpc) is 3.31. The molecule has 0 atom stereocenters. The molecule has 0 saturated carbocycles. The number of fused-ring (bicyclic) bond motifs is 1. The summed E-state index contributed by atoms with van der Waals surface area (Å²) in [5, 5.41) is 8.14. The van der Waals surface area contributed by atoms with Crippen LogP contribution in [0.2, 0.25) is 0 Å². The lowest BCUT2D eigenvalue weighted by molar-refractivity contribution is 0.101. The highest BCUT2D eigenvalue weighted by atomic mass is 32.2. The molecule has 0 aliphatic carbocycles. The summed E-state index contributed by atoms with van der Waals surface area (Å²) in [6, 6.07) is 18.8. The fraction of sp³-hybridized carbons (Fsp3) is 0.120. The van der Waals surface area contributed by atoms with E-state index in [1.54, 1.807) is 18.2 Å². The van der Waals surface area contributed by atoms with Crippen molar-refractivity contribution in [2.75, 3.05) is 9.21 Å². The first-order valence-corrected chi connectivity index (χ1v) is 12.2. The zero-order chi connectivity index (χ0) is 24.7. The predicted octanol–water partition coefficient (Wildman–Crippen LogP) is 4.58. The molecule has 3 aromatic carbocycles. The Morgan fingerprint density at radius 2 is 1.63 bits per heavy atom. The highest BCUT2D eigenvalue weighted by molar-refractivity contribution is 7.94. The second-order valence-electron chi connectivity index (χ2n) is 8.08. The first-order valence-electron chi connectivity index (χ1n) is 10.7. The van der Waals surface area contributed by atoms with Crippen LogP contribution in [-0.4, -0.2) is 30.4 Å². The minimum absolute atomic E-state index is 0.0338. The molecule has 0 N–H and O–H groups in total. The van der Waals surface area contributed by atoms with Gasteiger partial charge in [0, 0.05) is 11.1 Å². The van der Waals surface area contributed by atoms with Crippen LogP contribution in [0, 0.1) is 6.92 Å². The monoisotopic (exact) mass is 488 g/mol. The number of para-hydroxylation sites is 1. The van der Waals surface area contributed by atoms with Crippen molar-refractivity contribution in [2.45, 2.75) is 25.3 Å². The van der Waals surface area contributed by atoms with Gasteiger partial charge >= 0.3 is 6.03 Å². The normalized spacial score (nSPS) is 14.6. The summed E-state index contributed by atoms with van der Waals surface area (Å²) >= 11 is 0. The number of nitrogens with zero attached hydrogens (tertiary/aromatic N) is 4. The Morgan fingerprint density at radius 3 is 2.31 bits per heavy atom. The minimum Gasteiger partial charge on any atom is -0.419 e. The molecular formula is C25H20N4O5S. The van der Waals surface area contributed by atoms with Gasteiger partial charge in [0.15, 0.2) is 5.78 Å². The van der Waals surface area contributed by atoms with Crippen molar-refractivity contribution < 1.29 is 22.4 Å². The Labute approximate surface area is 201 Å². The summed E-state index contributed by atoms with van der Waals surface area (Å²) in [5.74, 6) is 0.272. The number of carbonyl (C=O) groups is 2. The van der Waals surface area contributed by atoms with Crippen LogP contribution in [0.15, 0.2) is 82.1 Å². The van der Waals surface area contributed by atoms with Crippen LogP contribution in [0.1, 0.15) is 28.7 Å². The van der Waals surface area contributed by atoms with Gasteiger partial charge < -0.3 is 4.42 Å². The molecule has 35 heavy (non-hydrogen) atoms. The van der Waals surface area contributed by atoms with Gasteiger partial charge in [-0.05, 0) is 62.4 Å². The molecule has 9 nitrogen and oxygen atoms in total. The predicted molar refractivity (Wildman–Crippen MR) is 129 cm³/mol. The minimum atomic E-state index is -4.19. The van der Waals surface area contributed by atoms with Crippen LogP contribution in [0.3, 0.4) is 0 Å². The number of aromatic nitrogens is 2. The van der Waals surface area contributed by atoms with Crippen molar-refractivity contribution in [3.63, 3.8) is 0 Å². The molecule has 4 aromatic rings. The van der Waals surface area contributed by atoms with Crippen LogP contribution < -0.4 is 9.21 Å². The van der Waals surface area contributed by atoms with Gasteiger partial charge in [0.2, 0.25) is 11.8 Å². The molecule has 0 unspecified atom stereocenters. The second kappa shape index (κ2) is 8.48. The zero-order valence-electron chi connectivity index (χ0n) is 18.9. The molecule has 0 saturated heterocycles. The maximum absolute atomic E-state index is 13.6. The Bertz CT molecular complexity index is 1540. The Morgan fingerprint density at radius 1 is 0.943 bits per heavy atom. The van der Waals surface area contributed by atoms with E-state index in [1.165, 1.54) is 42.2 Å². The van der Waals surface area contributed by atoms with Crippen molar-refractivity contribution >= 4 is 33.2 Å². The van der Waals surface area contributed by atoms with E-state index in [2.05, 4.69) is 10.2 Å². The Kier molecular flexibility index (Phi) is 5.45. The molecule has 0 spiro atoms. The molecule has 1 aliphatic rings. The fourth-order valence-corrected chi connectivity index (χ4v) is 5.40. The number of aryl methyl sites for hydroxylation is 1. The number of amides is 2. The zero-order valence-corrected chi connectivity index (χ0v) is 19.7. The van der Waals surface area contributed by atoms with Gasteiger partial charge in [0.25, 0.3) is 10.0 Å². The maximum atomic E-state index is 13.6. The molecule has 1 aromatic heterocycles. The van der Waals surface area contributed by atoms with Crippen molar-refractivity contribution in [3.05, 3.63) is 89.8 Å². The van der Waals surface area contributed by atoms with Crippen molar-refractivity contribution in [1.82, 2.24) is 10.2 Å². The number of Topliss-reactive ketones (excluding diaryl/α,β-unsaturated/α-hetero) is 1. The summed E-state index contributed by atoms with van der Waals surface area (Å²) in [6.07, 6.45) is 0. The summed E-state index contributed by atoms with van der Waals surface area (Å²) in [6.45, 7) is 3.24. The van der Waals surface area contributed by atoms with Gasteiger partial charge in [-0.15, -0.1) is 10.2 Å². The highest BCUT2D eigenvalue weighted by Gasteiger charge is 2.43. The second-order valence-corrected chi connectivity index (χ2v) is 9.83. The summed E-state index contributed by atoms with van der Waals surface area (Å²) < 4.78 is 33.3. The number of sulfonamides is 1. The van der Waals surface area contributed by atoms with E-state index >= 15 is 0 Å². The molecule has 2 heterocycles. The van der Waals surface area contributed by atoms with Crippen LogP contribution >= 0.6 is 0 Å². The first kappa shape index (κ1) is 22.5. The molecule has 2 amide bonds. The van der Waals surface area contributed by atoms with E-state index < -0.39 is 16.1 Å². The van der Waals surface area contributed by atoms with E-state index in [4.69, 9.17) is 4.42 Å². The van der Waals surface area contributed by atoms with Gasteiger partial charge in [0.05, 0.1) is 11.4 Å². The number of benzene rings is 3. The third-order valence-corrected chi connectivity index (χ3v) is 7.39. The Hall–Kier alpha value is -4.31. The van der Waals surface area contributed by atoms with Gasteiger partial charge in [-0.2, -0.15) is 4.31 Å². The first-order chi connectivity index (χ1) is 16.8. The van der Waals surface area contributed by atoms with Crippen molar-refractivity contribution in [3.8, 4) is 11.5 Å². The number of rotatable bonds is 5. The van der Waals surface area contributed by atoms with Crippen LogP contribution in [0.5, 0.6) is 0 Å². The average molecular weight is 489 g/mol. The number of hydrogen-bond donors (Lipinski definition) is 0.